The Labute approximate surface area is 75.7 Å². The van der Waals surface area contributed by atoms with E-state index in [0.717, 1.165) is 32.2 Å². The van der Waals surface area contributed by atoms with Gasteiger partial charge in [-0.2, -0.15) is 0 Å². The van der Waals surface area contributed by atoms with Gasteiger partial charge in [-0.1, -0.05) is 6.92 Å². The highest BCUT2D eigenvalue weighted by Crippen LogP contribution is 2.28. The topological polar surface area (TPSA) is 21.3 Å². The average Bonchev–Trinajstić information content (AvgIpc) is 2.87. The summed E-state index contributed by atoms with van der Waals surface area (Å²) in [5.74, 6) is 0.916. The third kappa shape index (κ3) is 5.56. The Morgan fingerprint density at radius 2 is 2.17 bits per heavy atom. The molecule has 0 bridgehead atoms. The van der Waals surface area contributed by atoms with Gasteiger partial charge in [0.1, 0.15) is 0 Å². The lowest BCUT2D eigenvalue weighted by atomic mass is 10.3. The average molecular weight is 171 g/mol. The highest BCUT2D eigenvalue weighted by molar-refractivity contribution is 4.71. The van der Waals surface area contributed by atoms with Crippen molar-refractivity contribution in [3.63, 3.8) is 0 Å². The number of hydrogen-bond donors (Lipinski definition) is 1. The van der Waals surface area contributed by atoms with Gasteiger partial charge >= 0.3 is 0 Å². The van der Waals surface area contributed by atoms with Crippen LogP contribution in [0.25, 0.3) is 0 Å². The summed E-state index contributed by atoms with van der Waals surface area (Å²) < 4.78 is 5.51. The van der Waals surface area contributed by atoms with Crippen molar-refractivity contribution in [3.05, 3.63) is 0 Å². The standard InChI is InChI=1S/C10H21NO/c1-2-11-7-3-4-8-12-9-10-5-6-10/h10-11H,2-9H2,1H3. The summed E-state index contributed by atoms with van der Waals surface area (Å²) >= 11 is 0. The highest BCUT2D eigenvalue weighted by atomic mass is 16.5. The molecule has 0 spiro atoms. The number of ether oxygens (including phenoxy) is 1. The summed E-state index contributed by atoms with van der Waals surface area (Å²) in [4.78, 5) is 0. The van der Waals surface area contributed by atoms with Crippen molar-refractivity contribution in [2.24, 2.45) is 5.92 Å². The van der Waals surface area contributed by atoms with Crippen LogP contribution in [0, 0.1) is 5.92 Å². The van der Waals surface area contributed by atoms with Gasteiger partial charge in [-0.15, -0.1) is 0 Å². The predicted octanol–water partition coefficient (Wildman–Crippen LogP) is 1.80. The molecule has 2 heteroatoms. The fraction of sp³-hybridized carbons (Fsp3) is 1.00. The van der Waals surface area contributed by atoms with E-state index in [0.29, 0.717) is 0 Å². The van der Waals surface area contributed by atoms with Crippen molar-refractivity contribution in [3.8, 4) is 0 Å². The van der Waals surface area contributed by atoms with Gasteiger partial charge in [-0.3, -0.25) is 0 Å². The molecule has 72 valence electrons. The molecule has 1 N–H and O–H groups in total. The molecule has 1 aliphatic rings. The van der Waals surface area contributed by atoms with Crippen LogP contribution in [-0.4, -0.2) is 26.3 Å². The maximum Gasteiger partial charge on any atom is 0.0494 e. The minimum Gasteiger partial charge on any atom is -0.381 e. The Bertz CT molecular complexity index is 102. The minimum absolute atomic E-state index is 0.916. The molecule has 2 nitrogen and oxygen atoms in total. The van der Waals surface area contributed by atoms with Gasteiger partial charge in [0.2, 0.25) is 0 Å². The normalized spacial score (nSPS) is 16.8. The molecule has 0 radical (unpaired) electrons. The zero-order valence-corrected chi connectivity index (χ0v) is 8.14. The lowest BCUT2D eigenvalue weighted by Gasteiger charge is -2.03. The van der Waals surface area contributed by atoms with Crippen LogP contribution in [0.15, 0.2) is 0 Å². The van der Waals surface area contributed by atoms with E-state index >= 15 is 0 Å². The summed E-state index contributed by atoms with van der Waals surface area (Å²) in [6.07, 6.45) is 5.26. The number of unbranched alkanes of at least 4 members (excludes halogenated alkanes) is 1. The quantitative estimate of drug-likeness (QED) is 0.562. The Morgan fingerprint density at radius 3 is 2.83 bits per heavy atom. The fourth-order valence-corrected chi connectivity index (χ4v) is 1.17. The highest BCUT2D eigenvalue weighted by Gasteiger charge is 2.20. The van der Waals surface area contributed by atoms with Crippen LogP contribution in [0.3, 0.4) is 0 Å². The van der Waals surface area contributed by atoms with Gasteiger partial charge < -0.3 is 10.1 Å². The first-order chi connectivity index (χ1) is 5.93. The van der Waals surface area contributed by atoms with Crippen molar-refractivity contribution in [1.82, 2.24) is 5.32 Å². The van der Waals surface area contributed by atoms with Gasteiger partial charge in [0.05, 0.1) is 0 Å². The molecular formula is C10H21NO. The molecule has 1 fully saturated rings. The van der Waals surface area contributed by atoms with Crippen molar-refractivity contribution >= 4 is 0 Å². The number of hydrogen-bond acceptors (Lipinski definition) is 2. The second kappa shape index (κ2) is 6.44. The van der Waals surface area contributed by atoms with Crippen LogP contribution in [0.2, 0.25) is 0 Å². The Balaban J connectivity index is 1.65. The summed E-state index contributed by atoms with van der Waals surface area (Å²) in [5, 5.41) is 3.30. The smallest absolute Gasteiger partial charge is 0.0494 e. The predicted molar refractivity (Wildman–Crippen MR) is 51.3 cm³/mol. The molecule has 1 rings (SSSR count). The van der Waals surface area contributed by atoms with Crippen LogP contribution >= 0.6 is 0 Å². The van der Waals surface area contributed by atoms with E-state index in [-0.39, 0.29) is 0 Å². The lowest BCUT2D eigenvalue weighted by Crippen LogP contribution is -2.14. The summed E-state index contributed by atoms with van der Waals surface area (Å²) in [6, 6.07) is 0. The summed E-state index contributed by atoms with van der Waals surface area (Å²) in [7, 11) is 0. The monoisotopic (exact) mass is 171 g/mol. The molecule has 0 saturated heterocycles. The van der Waals surface area contributed by atoms with Gasteiger partial charge in [-0.25, -0.2) is 0 Å². The van der Waals surface area contributed by atoms with E-state index in [4.69, 9.17) is 4.74 Å². The van der Waals surface area contributed by atoms with Crippen LogP contribution < -0.4 is 5.32 Å². The molecule has 0 aliphatic heterocycles. The Morgan fingerprint density at radius 1 is 1.33 bits per heavy atom. The van der Waals surface area contributed by atoms with Crippen molar-refractivity contribution in [2.75, 3.05) is 26.3 Å². The van der Waals surface area contributed by atoms with E-state index in [1.165, 1.54) is 25.7 Å². The van der Waals surface area contributed by atoms with Gasteiger partial charge in [0, 0.05) is 13.2 Å². The van der Waals surface area contributed by atoms with Gasteiger partial charge in [0.15, 0.2) is 0 Å². The summed E-state index contributed by atoms with van der Waals surface area (Å²) in [6.45, 7) is 6.35. The molecule has 0 unspecified atom stereocenters. The zero-order valence-electron chi connectivity index (χ0n) is 8.14. The zero-order chi connectivity index (χ0) is 8.65. The van der Waals surface area contributed by atoms with Crippen molar-refractivity contribution < 1.29 is 4.74 Å². The maximum absolute atomic E-state index is 5.51. The Hall–Kier alpha value is -0.0800. The van der Waals surface area contributed by atoms with Crippen LogP contribution in [0.4, 0.5) is 0 Å². The molecule has 12 heavy (non-hydrogen) atoms. The molecule has 0 amide bonds. The molecular weight excluding hydrogens is 150 g/mol. The molecule has 0 aromatic rings. The second-order valence-corrected chi connectivity index (χ2v) is 3.58. The maximum atomic E-state index is 5.51. The van der Waals surface area contributed by atoms with E-state index in [1.807, 2.05) is 0 Å². The second-order valence-electron chi connectivity index (χ2n) is 3.58. The largest absolute Gasteiger partial charge is 0.381 e. The van der Waals surface area contributed by atoms with E-state index < -0.39 is 0 Å². The van der Waals surface area contributed by atoms with E-state index in [2.05, 4.69) is 12.2 Å². The first-order valence-corrected chi connectivity index (χ1v) is 5.22. The third-order valence-electron chi connectivity index (χ3n) is 2.19. The van der Waals surface area contributed by atoms with Crippen molar-refractivity contribution in [2.45, 2.75) is 32.6 Å². The van der Waals surface area contributed by atoms with Gasteiger partial charge in [-0.05, 0) is 44.7 Å². The third-order valence-corrected chi connectivity index (χ3v) is 2.19. The first-order valence-electron chi connectivity index (χ1n) is 5.22. The van der Waals surface area contributed by atoms with Crippen LogP contribution in [0.5, 0.6) is 0 Å². The lowest BCUT2D eigenvalue weighted by molar-refractivity contribution is 0.121. The molecule has 1 saturated carbocycles. The fourth-order valence-electron chi connectivity index (χ4n) is 1.17. The van der Waals surface area contributed by atoms with E-state index in [1.54, 1.807) is 0 Å². The molecule has 0 aromatic heterocycles. The van der Waals surface area contributed by atoms with Gasteiger partial charge in [0.25, 0.3) is 0 Å². The van der Waals surface area contributed by atoms with Crippen molar-refractivity contribution in [1.29, 1.82) is 0 Å². The molecule has 0 aromatic carbocycles. The van der Waals surface area contributed by atoms with E-state index in [9.17, 15) is 0 Å². The number of rotatable bonds is 8. The summed E-state index contributed by atoms with van der Waals surface area (Å²) in [5.41, 5.74) is 0. The molecule has 0 heterocycles. The molecule has 0 atom stereocenters. The first kappa shape index (κ1) is 10.0. The number of nitrogens with one attached hydrogen (secondary N) is 1. The SMILES string of the molecule is CCNCCCCOCC1CC1. The minimum atomic E-state index is 0.916. The molecule has 1 aliphatic carbocycles. The van der Waals surface area contributed by atoms with Crippen LogP contribution in [-0.2, 0) is 4.74 Å². The van der Waals surface area contributed by atoms with Crippen LogP contribution in [0.1, 0.15) is 32.6 Å². The Kier molecular flexibility index (Phi) is 5.37.